The standard InChI is InChI=1S/C9H17NO4/c1-4-7(8(11)12)10-9(13)14-5-6(2)3/h6-7H,4-5H2,1-3H3,(H,10,13)(H,11,12)/t7-/m1/s1. The van der Waals surface area contributed by atoms with Crippen molar-refractivity contribution < 1.29 is 19.4 Å². The molecule has 0 aliphatic rings. The van der Waals surface area contributed by atoms with E-state index in [1.54, 1.807) is 6.92 Å². The first-order chi connectivity index (χ1) is 6.47. The highest BCUT2D eigenvalue weighted by atomic mass is 16.5. The van der Waals surface area contributed by atoms with Gasteiger partial charge in [0, 0.05) is 0 Å². The van der Waals surface area contributed by atoms with Gasteiger partial charge in [-0.15, -0.1) is 0 Å². The average molecular weight is 203 g/mol. The molecule has 0 rings (SSSR count). The average Bonchev–Trinajstić information content (AvgIpc) is 2.10. The lowest BCUT2D eigenvalue weighted by Gasteiger charge is -2.13. The highest BCUT2D eigenvalue weighted by Crippen LogP contribution is 1.95. The molecule has 82 valence electrons. The minimum absolute atomic E-state index is 0.241. The number of carbonyl (C=O) groups is 2. The van der Waals surface area contributed by atoms with Crippen molar-refractivity contribution in [3.05, 3.63) is 0 Å². The summed E-state index contributed by atoms with van der Waals surface area (Å²) in [4.78, 5) is 21.6. The van der Waals surface area contributed by atoms with Crippen LogP contribution in [0.2, 0.25) is 0 Å². The second-order valence-corrected chi connectivity index (χ2v) is 3.44. The van der Waals surface area contributed by atoms with Gasteiger partial charge < -0.3 is 15.2 Å². The number of alkyl carbamates (subject to hydrolysis) is 1. The Hall–Kier alpha value is -1.26. The molecule has 2 N–H and O–H groups in total. The summed E-state index contributed by atoms with van der Waals surface area (Å²) in [6, 6.07) is -0.866. The number of nitrogens with one attached hydrogen (secondary N) is 1. The SMILES string of the molecule is CC[C@@H](NC(=O)OCC(C)C)C(=O)O. The first-order valence-corrected chi connectivity index (χ1v) is 4.63. The summed E-state index contributed by atoms with van der Waals surface area (Å²) in [5.41, 5.74) is 0. The second-order valence-electron chi connectivity index (χ2n) is 3.44. The highest BCUT2D eigenvalue weighted by molar-refractivity contribution is 5.79. The molecule has 0 heterocycles. The van der Waals surface area contributed by atoms with Crippen LogP contribution in [0.25, 0.3) is 0 Å². The fraction of sp³-hybridized carbons (Fsp3) is 0.778. The minimum Gasteiger partial charge on any atom is -0.480 e. The maximum Gasteiger partial charge on any atom is 0.407 e. The van der Waals surface area contributed by atoms with Crippen molar-refractivity contribution in [1.82, 2.24) is 5.32 Å². The van der Waals surface area contributed by atoms with Crippen molar-refractivity contribution in [2.75, 3.05) is 6.61 Å². The zero-order valence-corrected chi connectivity index (χ0v) is 8.74. The summed E-state index contributed by atoms with van der Waals surface area (Å²) in [5, 5.41) is 10.9. The third kappa shape index (κ3) is 5.40. The van der Waals surface area contributed by atoms with Gasteiger partial charge in [0.1, 0.15) is 6.04 Å². The first-order valence-electron chi connectivity index (χ1n) is 4.63. The van der Waals surface area contributed by atoms with E-state index in [0.29, 0.717) is 13.0 Å². The Labute approximate surface area is 83.4 Å². The minimum atomic E-state index is -1.05. The molecule has 1 amide bonds. The number of hydrogen-bond acceptors (Lipinski definition) is 3. The van der Waals surface area contributed by atoms with Crippen LogP contribution < -0.4 is 5.32 Å². The lowest BCUT2D eigenvalue weighted by atomic mass is 10.2. The number of carbonyl (C=O) groups excluding carboxylic acids is 1. The fourth-order valence-electron chi connectivity index (χ4n) is 0.765. The normalized spacial score (nSPS) is 12.3. The molecular weight excluding hydrogens is 186 g/mol. The number of ether oxygens (including phenoxy) is 1. The summed E-state index contributed by atoms with van der Waals surface area (Å²) >= 11 is 0. The van der Waals surface area contributed by atoms with Crippen molar-refractivity contribution in [3.63, 3.8) is 0 Å². The molecule has 0 aliphatic heterocycles. The Morgan fingerprint density at radius 2 is 2.00 bits per heavy atom. The lowest BCUT2D eigenvalue weighted by molar-refractivity contribution is -0.139. The van der Waals surface area contributed by atoms with Crippen LogP contribution in [0.5, 0.6) is 0 Å². The van der Waals surface area contributed by atoms with E-state index in [4.69, 9.17) is 9.84 Å². The molecule has 0 saturated heterocycles. The smallest absolute Gasteiger partial charge is 0.407 e. The van der Waals surface area contributed by atoms with Crippen molar-refractivity contribution in [2.45, 2.75) is 33.2 Å². The summed E-state index contributed by atoms with van der Waals surface area (Å²) in [5.74, 6) is -0.806. The first kappa shape index (κ1) is 12.7. The van der Waals surface area contributed by atoms with E-state index < -0.39 is 18.1 Å². The number of amides is 1. The van der Waals surface area contributed by atoms with Crippen LogP contribution in [0.3, 0.4) is 0 Å². The third-order valence-corrected chi connectivity index (χ3v) is 1.55. The molecule has 14 heavy (non-hydrogen) atoms. The van der Waals surface area contributed by atoms with E-state index in [-0.39, 0.29) is 5.92 Å². The van der Waals surface area contributed by atoms with Crippen molar-refractivity contribution in [1.29, 1.82) is 0 Å². The molecule has 0 bridgehead atoms. The van der Waals surface area contributed by atoms with E-state index in [0.717, 1.165) is 0 Å². The van der Waals surface area contributed by atoms with Gasteiger partial charge in [0.2, 0.25) is 0 Å². The molecular formula is C9H17NO4. The van der Waals surface area contributed by atoms with Crippen LogP contribution in [-0.2, 0) is 9.53 Å². The number of hydrogen-bond donors (Lipinski definition) is 2. The Morgan fingerprint density at radius 1 is 1.43 bits per heavy atom. The molecule has 0 radical (unpaired) electrons. The molecule has 1 atom stereocenters. The molecule has 5 nitrogen and oxygen atoms in total. The van der Waals surface area contributed by atoms with Gasteiger partial charge in [-0.3, -0.25) is 0 Å². The van der Waals surface area contributed by atoms with E-state index in [1.807, 2.05) is 13.8 Å². The number of carboxylic acids is 1. The van der Waals surface area contributed by atoms with E-state index in [1.165, 1.54) is 0 Å². The third-order valence-electron chi connectivity index (χ3n) is 1.55. The van der Waals surface area contributed by atoms with Crippen molar-refractivity contribution in [2.24, 2.45) is 5.92 Å². The summed E-state index contributed by atoms with van der Waals surface area (Å²) in [6.07, 6.45) is -0.334. The van der Waals surface area contributed by atoms with Crippen LogP contribution in [0.4, 0.5) is 4.79 Å². The maximum atomic E-state index is 11.0. The van der Waals surface area contributed by atoms with E-state index >= 15 is 0 Å². The number of rotatable bonds is 5. The zero-order chi connectivity index (χ0) is 11.1. The van der Waals surface area contributed by atoms with Crippen molar-refractivity contribution in [3.8, 4) is 0 Å². The van der Waals surface area contributed by atoms with E-state index in [9.17, 15) is 9.59 Å². The van der Waals surface area contributed by atoms with Gasteiger partial charge in [-0.2, -0.15) is 0 Å². The molecule has 0 unspecified atom stereocenters. The lowest BCUT2D eigenvalue weighted by Crippen LogP contribution is -2.40. The Kier molecular flexibility index (Phi) is 5.67. The Bertz CT molecular complexity index is 203. The predicted octanol–water partition coefficient (Wildman–Crippen LogP) is 1.23. The van der Waals surface area contributed by atoms with Gasteiger partial charge in [-0.1, -0.05) is 20.8 Å². The quantitative estimate of drug-likeness (QED) is 0.704. The van der Waals surface area contributed by atoms with Gasteiger partial charge >= 0.3 is 12.1 Å². The molecule has 0 aromatic carbocycles. The molecule has 0 aromatic heterocycles. The van der Waals surface area contributed by atoms with Crippen LogP contribution in [-0.4, -0.2) is 29.8 Å². The predicted molar refractivity (Wildman–Crippen MR) is 51.0 cm³/mol. The van der Waals surface area contributed by atoms with Crippen LogP contribution >= 0.6 is 0 Å². The number of aliphatic carboxylic acids is 1. The maximum absolute atomic E-state index is 11.0. The fourth-order valence-corrected chi connectivity index (χ4v) is 0.765. The van der Waals surface area contributed by atoms with Crippen LogP contribution in [0.15, 0.2) is 0 Å². The second kappa shape index (κ2) is 6.23. The molecule has 0 aliphatic carbocycles. The number of carboxylic acid groups (broad SMARTS) is 1. The molecule has 0 aromatic rings. The topological polar surface area (TPSA) is 75.6 Å². The van der Waals surface area contributed by atoms with E-state index in [2.05, 4.69) is 5.32 Å². The largest absolute Gasteiger partial charge is 0.480 e. The summed E-state index contributed by atoms with van der Waals surface area (Å²) in [7, 11) is 0. The Morgan fingerprint density at radius 3 is 2.36 bits per heavy atom. The van der Waals surface area contributed by atoms with Crippen molar-refractivity contribution >= 4 is 12.1 Å². The van der Waals surface area contributed by atoms with Gasteiger partial charge in [-0.05, 0) is 12.3 Å². The molecule has 0 fully saturated rings. The molecule has 0 saturated carbocycles. The van der Waals surface area contributed by atoms with Gasteiger partial charge in [0.15, 0.2) is 0 Å². The van der Waals surface area contributed by atoms with Crippen LogP contribution in [0, 0.1) is 5.92 Å². The van der Waals surface area contributed by atoms with Gasteiger partial charge in [0.05, 0.1) is 6.61 Å². The van der Waals surface area contributed by atoms with Gasteiger partial charge in [0.25, 0.3) is 0 Å². The zero-order valence-electron chi connectivity index (χ0n) is 8.74. The van der Waals surface area contributed by atoms with Gasteiger partial charge in [-0.25, -0.2) is 9.59 Å². The summed E-state index contributed by atoms with van der Waals surface area (Å²) in [6.45, 7) is 5.78. The monoisotopic (exact) mass is 203 g/mol. The van der Waals surface area contributed by atoms with Crippen LogP contribution in [0.1, 0.15) is 27.2 Å². The molecule has 5 heteroatoms. The highest BCUT2D eigenvalue weighted by Gasteiger charge is 2.18. The Balaban J connectivity index is 3.85. The summed E-state index contributed by atoms with van der Waals surface area (Å²) < 4.78 is 4.77. The molecule has 0 spiro atoms.